The third-order valence-electron chi connectivity index (χ3n) is 7.19. The monoisotopic (exact) mass is 400 g/mol. The van der Waals surface area contributed by atoms with Gasteiger partial charge in [0.2, 0.25) is 0 Å². The summed E-state index contributed by atoms with van der Waals surface area (Å²) in [7, 11) is 0. The molecule has 0 amide bonds. The zero-order valence-electron chi connectivity index (χ0n) is 19.0. The Kier molecular flexibility index (Phi) is 5.94. The molecule has 0 N–H and O–H groups in total. The summed E-state index contributed by atoms with van der Waals surface area (Å²) in [5.74, 6) is -0.155. The second-order valence-electron chi connectivity index (χ2n) is 9.79. The fourth-order valence-corrected chi connectivity index (χ4v) is 4.80. The average Bonchev–Trinajstić information content (AvgIpc) is 2.82. The molecule has 1 aromatic rings. The Hall–Kier alpha value is -1.72. The van der Waals surface area contributed by atoms with E-state index in [9.17, 15) is 4.79 Å². The lowest BCUT2D eigenvalue weighted by atomic mass is 9.64. The van der Waals surface area contributed by atoms with Gasteiger partial charge in [0.15, 0.2) is 0 Å². The molecular weight excluding hydrogens is 364 g/mol. The molecule has 3 rings (SSSR count). The molecule has 2 heterocycles. The van der Waals surface area contributed by atoms with Gasteiger partial charge in [-0.15, -0.1) is 0 Å². The van der Waals surface area contributed by atoms with E-state index in [1.165, 1.54) is 0 Å². The van der Waals surface area contributed by atoms with Gasteiger partial charge in [0.25, 0.3) is 0 Å². The molecular formula is C24H36N2O3. The van der Waals surface area contributed by atoms with Crippen LogP contribution in [-0.4, -0.2) is 27.8 Å². The van der Waals surface area contributed by atoms with Crippen LogP contribution >= 0.6 is 0 Å². The number of fused-ring (bicyclic) bond motifs is 1. The summed E-state index contributed by atoms with van der Waals surface area (Å²) >= 11 is 0. The van der Waals surface area contributed by atoms with Gasteiger partial charge in [0.1, 0.15) is 6.10 Å². The number of benzene rings is 1. The van der Waals surface area contributed by atoms with Crippen molar-refractivity contribution >= 4 is 11.7 Å². The van der Waals surface area contributed by atoms with Crippen molar-refractivity contribution in [1.82, 2.24) is 5.06 Å². The molecule has 5 nitrogen and oxygen atoms in total. The minimum atomic E-state index is -0.580. The van der Waals surface area contributed by atoms with E-state index in [2.05, 4.69) is 57.0 Å². The number of piperidine rings is 1. The zero-order valence-corrected chi connectivity index (χ0v) is 19.0. The van der Waals surface area contributed by atoms with E-state index < -0.39 is 5.41 Å². The highest BCUT2D eigenvalue weighted by atomic mass is 16.7. The molecule has 160 valence electrons. The number of nitrogens with zero attached hydrogens (tertiary/aromatic N) is 2. The Morgan fingerprint density at radius 2 is 1.83 bits per heavy atom. The van der Waals surface area contributed by atoms with Gasteiger partial charge in [-0.2, -0.15) is 5.06 Å². The van der Waals surface area contributed by atoms with E-state index in [-0.39, 0.29) is 29.1 Å². The number of carbonyl (C=O) groups is 1. The van der Waals surface area contributed by atoms with Crippen LogP contribution < -0.4 is 0 Å². The van der Waals surface area contributed by atoms with Crippen molar-refractivity contribution in [2.45, 2.75) is 91.3 Å². The first-order chi connectivity index (χ1) is 13.6. The Labute approximate surface area is 175 Å². The molecule has 0 bridgehead atoms. The van der Waals surface area contributed by atoms with Crippen LogP contribution in [0, 0.1) is 11.3 Å². The first-order valence-corrected chi connectivity index (χ1v) is 10.9. The lowest BCUT2D eigenvalue weighted by molar-refractivity contribution is -0.311. The molecule has 4 atom stereocenters. The van der Waals surface area contributed by atoms with Gasteiger partial charge in [-0.25, -0.2) is 4.79 Å². The molecule has 2 aliphatic rings. The van der Waals surface area contributed by atoms with E-state index >= 15 is 0 Å². The van der Waals surface area contributed by atoms with Crippen molar-refractivity contribution in [2.24, 2.45) is 16.5 Å². The fraction of sp³-hybridized carbons (Fsp3) is 0.667. The predicted octanol–water partition coefficient (Wildman–Crippen LogP) is 5.67. The van der Waals surface area contributed by atoms with Crippen molar-refractivity contribution in [3.8, 4) is 0 Å². The zero-order chi connectivity index (χ0) is 21.4. The Morgan fingerprint density at radius 3 is 2.41 bits per heavy atom. The molecule has 1 aromatic carbocycles. The molecule has 0 aliphatic carbocycles. The third kappa shape index (κ3) is 3.87. The van der Waals surface area contributed by atoms with Crippen LogP contribution in [0.5, 0.6) is 0 Å². The Balaban J connectivity index is 2.02. The van der Waals surface area contributed by atoms with Crippen LogP contribution in [0.1, 0.15) is 85.8 Å². The summed E-state index contributed by atoms with van der Waals surface area (Å²) in [6.45, 7) is 14.9. The molecule has 1 saturated heterocycles. The number of hydrogen-bond acceptors (Lipinski definition) is 5. The molecule has 4 unspecified atom stereocenters. The first-order valence-electron chi connectivity index (χ1n) is 10.9. The standard InChI is InChI=1S/C24H36N2O3/c1-8-23(6)16-20-19(15-22(4,5)21(27)28-25-20)24(7,9-2)26(23)29-17(3)18-13-11-10-12-14-18/h10-14,17,19H,8-9,15-16H2,1-7H3. The molecule has 0 aromatic heterocycles. The van der Waals surface area contributed by atoms with E-state index in [0.717, 1.165) is 30.5 Å². The highest BCUT2D eigenvalue weighted by Crippen LogP contribution is 2.50. The molecule has 29 heavy (non-hydrogen) atoms. The molecule has 0 saturated carbocycles. The molecule has 1 fully saturated rings. The van der Waals surface area contributed by atoms with Gasteiger partial charge in [0.05, 0.1) is 16.7 Å². The van der Waals surface area contributed by atoms with Crippen LogP contribution in [0.15, 0.2) is 35.5 Å². The first kappa shape index (κ1) is 22.0. The average molecular weight is 401 g/mol. The number of carbonyl (C=O) groups excluding carboxylic acids is 1. The second kappa shape index (κ2) is 7.84. The highest BCUT2D eigenvalue weighted by Gasteiger charge is 2.57. The van der Waals surface area contributed by atoms with E-state index in [1.807, 2.05) is 32.0 Å². The minimum absolute atomic E-state index is 0.0666. The summed E-state index contributed by atoms with van der Waals surface area (Å²) in [6.07, 6.45) is 3.16. The number of hydroxylamine groups is 2. The Morgan fingerprint density at radius 1 is 1.17 bits per heavy atom. The van der Waals surface area contributed by atoms with E-state index in [4.69, 9.17) is 9.68 Å². The molecule has 2 aliphatic heterocycles. The lowest BCUT2D eigenvalue weighted by Crippen LogP contribution is -2.67. The minimum Gasteiger partial charge on any atom is -0.318 e. The van der Waals surface area contributed by atoms with Crippen LogP contribution in [-0.2, 0) is 14.5 Å². The van der Waals surface area contributed by atoms with Crippen molar-refractivity contribution in [2.75, 3.05) is 0 Å². The van der Waals surface area contributed by atoms with Gasteiger partial charge in [-0.1, -0.05) is 49.3 Å². The maximum atomic E-state index is 12.5. The van der Waals surface area contributed by atoms with Crippen LogP contribution in [0.3, 0.4) is 0 Å². The van der Waals surface area contributed by atoms with Gasteiger partial charge >= 0.3 is 5.97 Å². The normalized spacial score (nSPS) is 33.3. The van der Waals surface area contributed by atoms with Gasteiger partial charge in [-0.3, -0.25) is 4.84 Å². The number of oxime groups is 1. The maximum Gasteiger partial charge on any atom is 0.340 e. The number of rotatable bonds is 5. The van der Waals surface area contributed by atoms with E-state index in [1.54, 1.807) is 0 Å². The summed E-state index contributed by atoms with van der Waals surface area (Å²) in [5, 5.41) is 6.61. The van der Waals surface area contributed by atoms with Crippen molar-refractivity contribution in [3.05, 3.63) is 35.9 Å². The second-order valence-corrected chi connectivity index (χ2v) is 9.79. The molecule has 5 heteroatoms. The van der Waals surface area contributed by atoms with Crippen molar-refractivity contribution in [1.29, 1.82) is 0 Å². The van der Waals surface area contributed by atoms with Crippen molar-refractivity contribution in [3.63, 3.8) is 0 Å². The fourth-order valence-electron chi connectivity index (χ4n) is 4.80. The molecule has 0 radical (unpaired) electrons. The summed E-state index contributed by atoms with van der Waals surface area (Å²) in [6, 6.07) is 10.3. The lowest BCUT2D eigenvalue weighted by Gasteiger charge is -2.58. The summed E-state index contributed by atoms with van der Waals surface area (Å²) in [4.78, 5) is 24.5. The van der Waals surface area contributed by atoms with E-state index in [0.29, 0.717) is 6.42 Å². The quantitative estimate of drug-likeness (QED) is 0.598. The van der Waals surface area contributed by atoms with Crippen molar-refractivity contribution < 1.29 is 14.5 Å². The summed E-state index contributed by atoms with van der Waals surface area (Å²) in [5.41, 5.74) is 1.04. The van der Waals surface area contributed by atoms with Crippen LogP contribution in [0.25, 0.3) is 0 Å². The van der Waals surface area contributed by atoms with Gasteiger partial charge < -0.3 is 4.84 Å². The predicted molar refractivity (Wildman–Crippen MR) is 115 cm³/mol. The maximum absolute atomic E-state index is 12.5. The third-order valence-corrected chi connectivity index (χ3v) is 7.19. The smallest absolute Gasteiger partial charge is 0.318 e. The van der Waals surface area contributed by atoms with Gasteiger partial charge in [-0.05, 0) is 59.4 Å². The topological polar surface area (TPSA) is 51.1 Å². The van der Waals surface area contributed by atoms with Crippen LogP contribution in [0.4, 0.5) is 0 Å². The highest BCUT2D eigenvalue weighted by molar-refractivity contribution is 5.92. The SMILES string of the molecule is CCC1(C)CC2=NOC(=O)C(C)(C)CC2C(C)(CC)N1OC(C)c1ccccc1. The Bertz CT molecular complexity index is 776. The number of hydrogen-bond donors (Lipinski definition) is 0. The largest absolute Gasteiger partial charge is 0.340 e. The molecule has 0 spiro atoms. The van der Waals surface area contributed by atoms with Crippen LogP contribution in [0.2, 0.25) is 0 Å². The van der Waals surface area contributed by atoms with Gasteiger partial charge in [0, 0.05) is 17.9 Å². The summed E-state index contributed by atoms with van der Waals surface area (Å²) < 4.78 is 0.